The number of nitrogens with zero attached hydrogens (tertiary/aromatic N) is 2. The molecule has 0 aromatic heterocycles. The summed E-state index contributed by atoms with van der Waals surface area (Å²) in [7, 11) is -1.56. The van der Waals surface area contributed by atoms with E-state index in [4.69, 9.17) is 4.74 Å². The van der Waals surface area contributed by atoms with Gasteiger partial charge in [0, 0.05) is 44.5 Å². The van der Waals surface area contributed by atoms with E-state index in [0.717, 1.165) is 18.5 Å². The number of hydrogen-bond acceptors (Lipinski definition) is 6. The van der Waals surface area contributed by atoms with Crippen LogP contribution in [0, 0.1) is 0 Å². The molecule has 0 aliphatic carbocycles. The number of carbonyl (C=O) groups is 1. The summed E-state index contributed by atoms with van der Waals surface area (Å²) in [6, 6.07) is 11.7. The fraction of sp³-hybridized carbons (Fsp3) is 0.409. The van der Waals surface area contributed by atoms with E-state index in [1.165, 1.54) is 39.8 Å². The number of carbonyl (C=O) groups excluding carboxylic acids is 1. The molecule has 1 fully saturated rings. The lowest BCUT2D eigenvalue weighted by molar-refractivity contribution is 0.0730. The second-order valence-corrected chi connectivity index (χ2v) is 9.76. The van der Waals surface area contributed by atoms with Crippen LogP contribution in [-0.2, 0) is 21.2 Å². The monoisotopic (exact) mass is 445 g/mol. The van der Waals surface area contributed by atoms with E-state index in [-0.39, 0.29) is 17.3 Å². The molecule has 0 saturated carbocycles. The molecule has 8 nitrogen and oxygen atoms in total. The molecule has 0 bridgehead atoms. The van der Waals surface area contributed by atoms with Crippen LogP contribution in [0.2, 0.25) is 0 Å². The molecule has 31 heavy (non-hydrogen) atoms. The molecule has 2 heterocycles. The molecule has 1 unspecified atom stereocenters. The second kappa shape index (κ2) is 8.96. The van der Waals surface area contributed by atoms with E-state index in [9.17, 15) is 18.3 Å². The van der Waals surface area contributed by atoms with Gasteiger partial charge < -0.3 is 20.1 Å². The van der Waals surface area contributed by atoms with Crippen molar-refractivity contribution >= 4 is 21.6 Å². The van der Waals surface area contributed by atoms with Crippen LogP contribution in [0.25, 0.3) is 0 Å². The number of aliphatic hydroxyl groups is 1. The number of fused-ring (bicyclic) bond motifs is 1. The van der Waals surface area contributed by atoms with Crippen molar-refractivity contribution in [2.45, 2.75) is 17.4 Å². The van der Waals surface area contributed by atoms with Gasteiger partial charge in [0.15, 0.2) is 0 Å². The number of amides is 1. The van der Waals surface area contributed by atoms with Gasteiger partial charge >= 0.3 is 0 Å². The summed E-state index contributed by atoms with van der Waals surface area (Å²) in [5.74, 6) is -0.365. The lowest BCUT2D eigenvalue weighted by Gasteiger charge is -2.26. The third kappa shape index (κ3) is 4.59. The van der Waals surface area contributed by atoms with Gasteiger partial charge in [0.1, 0.15) is 0 Å². The van der Waals surface area contributed by atoms with Gasteiger partial charge in [0.25, 0.3) is 5.91 Å². The van der Waals surface area contributed by atoms with Crippen molar-refractivity contribution in [3.8, 4) is 0 Å². The minimum atomic E-state index is -3.60. The van der Waals surface area contributed by atoms with E-state index in [1.807, 2.05) is 25.2 Å². The summed E-state index contributed by atoms with van der Waals surface area (Å²) in [5, 5.41) is 13.2. The Labute approximate surface area is 182 Å². The van der Waals surface area contributed by atoms with Crippen LogP contribution in [0.4, 0.5) is 5.69 Å². The molecule has 166 valence electrons. The van der Waals surface area contributed by atoms with E-state index in [2.05, 4.69) is 10.2 Å². The highest BCUT2D eigenvalue weighted by molar-refractivity contribution is 7.89. The van der Waals surface area contributed by atoms with Gasteiger partial charge in [-0.15, -0.1) is 0 Å². The van der Waals surface area contributed by atoms with Gasteiger partial charge in [-0.25, -0.2) is 8.42 Å². The van der Waals surface area contributed by atoms with Crippen molar-refractivity contribution in [2.24, 2.45) is 0 Å². The Hall–Kier alpha value is -2.46. The lowest BCUT2D eigenvalue weighted by atomic mass is 10.0. The van der Waals surface area contributed by atoms with Crippen LogP contribution in [0.15, 0.2) is 47.4 Å². The predicted molar refractivity (Wildman–Crippen MR) is 117 cm³/mol. The molecule has 2 N–H and O–H groups in total. The summed E-state index contributed by atoms with van der Waals surface area (Å²) in [6.45, 7) is 2.43. The highest BCUT2D eigenvalue weighted by atomic mass is 32.2. The quantitative estimate of drug-likeness (QED) is 0.693. The first kappa shape index (κ1) is 21.8. The Kier molecular flexibility index (Phi) is 6.29. The number of nitrogens with one attached hydrogen (secondary N) is 1. The lowest BCUT2D eigenvalue weighted by Crippen LogP contribution is -2.40. The molecule has 2 aliphatic heterocycles. The van der Waals surface area contributed by atoms with Gasteiger partial charge in [0.2, 0.25) is 10.0 Å². The Bertz CT molecular complexity index is 1050. The highest BCUT2D eigenvalue weighted by Crippen LogP contribution is 2.29. The largest absolute Gasteiger partial charge is 0.387 e. The number of sulfonamides is 1. The molecule has 2 aromatic carbocycles. The Morgan fingerprint density at radius 3 is 2.55 bits per heavy atom. The van der Waals surface area contributed by atoms with Crippen LogP contribution in [0.5, 0.6) is 0 Å². The maximum Gasteiger partial charge on any atom is 0.251 e. The fourth-order valence-corrected chi connectivity index (χ4v) is 5.33. The predicted octanol–water partition coefficient (Wildman–Crippen LogP) is 1.16. The van der Waals surface area contributed by atoms with Crippen molar-refractivity contribution in [3.05, 3.63) is 59.2 Å². The normalized spacial score (nSPS) is 17.9. The summed E-state index contributed by atoms with van der Waals surface area (Å²) < 4.78 is 31.9. The van der Waals surface area contributed by atoms with Gasteiger partial charge in [-0.2, -0.15) is 4.31 Å². The first-order valence-corrected chi connectivity index (χ1v) is 11.8. The minimum absolute atomic E-state index is 0.0707. The molecule has 1 saturated heterocycles. The minimum Gasteiger partial charge on any atom is -0.387 e. The van der Waals surface area contributed by atoms with Gasteiger partial charge in [-0.05, 0) is 47.9 Å². The zero-order valence-electron chi connectivity index (χ0n) is 17.5. The van der Waals surface area contributed by atoms with Gasteiger partial charge in [0.05, 0.1) is 24.2 Å². The van der Waals surface area contributed by atoms with E-state index in [0.29, 0.717) is 31.9 Å². The first-order valence-electron chi connectivity index (χ1n) is 10.3. The number of anilines is 1. The maximum atomic E-state index is 12.7. The summed E-state index contributed by atoms with van der Waals surface area (Å²) in [4.78, 5) is 14.8. The Morgan fingerprint density at radius 1 is 1.13 bits per heavy atom. The second-order valence-electron chi connectivity index (χ2n) is 7.83. The number of ether oxygens (including phenoxy) is 1. The zero-order chi connectivity index (χ0) is 22.0. The van der Waals surface area contributed by atoms with Crippen LogP contribution >= 0.6 is 0 Å². The van der Waals surface area contributed by atoms with E-state index < -0.39 is 16.1 Å². The average Bonchev–Trinajstić information content (AvgIpc) is 3.18. The number of benzene rings is 2. The third-order valence-electron chi connectivity index (χ3n) is 5.80. The smallest absolute Gasteiger partial charge is 0.251 e. The molecular formula is C22H27N3O5S. The topological polar surface area (TPSA) is 99.2 Å². The molecule has 0 radical (unpaired) electrons. The number of rotatable bonds is 6. The third-order valence-corrected chi connectivity index (χ3v) is 7.71. The molecule has 0 spiro atoms. The molecule has 1 amide bonds. The van der Waals surface area contributed by atoms with Crippen LogP contribution in [-0.4, -0.2) is 70.2 Å². The molecule has 2 aliphatic rings. The molecule has 4 rings (SSSR count). The van der Waals surface area contributed by atoms with Crippen molar-refractivity contribution in [1.29, 1.82) is 0 Å². The number of likely N-dealkylation sites (N-methyl/N-ethyl adjacent to an activating group) is 1. The summed E-state index contributed by atoms with van der Waals surface area (Å²) in [6.07, 6.45) is 0.125. The Balaban J connectivity index is 1.37. The van der Waals surface area contributed by atoms with Crippen molar-refractivity contribution in [3.63, 3.8) is 0 Å². The van der Waals surface area contributed by atoms with E-state index in [1.54, 1.807) is 0 Å². The number of hydrogen-bond donors (Lipinski definition) is 2. The maximum absolute atomic E-state index is 12.7. The molecule has 2 aromatic rings. The molecule has 9 heteroatoms. The zero-order valence-corrected chi connectivity index (χ0v) is 18.3. The summed E-state index contributed by atoms with van der Waals surface area (Å²) in [5.41, 5.74) is 3.47. The first-order chi connectivity index (χ1) is 14.9. The molecular weight excluding hydrogens is 418 g/mol. The number of aliphatic hydroxyl groups excluding tert-OH is 1. The van der Waals surface area contributed by atoms with Crippen LogP contribution < -0.4 is 10.2 Å². The average molecular weight is 446 g/mol. The highest BCUT2D eigenvalue weighted by Gasteiger charge is 2.26. The SMILES string of the molecule is CN1CCc2cc(C(O)CNC(=O)c3ccc(S(=O)(=O)N4CCOCC4)cc3)ccc21. The summed E-state index contributed by atoms with van der Waals surface area (Å²) >= 11 is 0. The van der Waals surface area contributed by atoms with Crippen molar-refractivity contribution in [1.82, 2.24) is 9.62 Å². The standard InChI is InChI=1S/C22H27N3O5S/c1-24-9-8-17-14-18(4-7-20(17)24)21(26)15-23-22(27)16-2-5-19(6-3-16)31(28,29)25-10-12-30-13-11-25/h2-7,14,21,26H,8-13,15H2,1H3,(H,23,27). The Morgan fingerprint density at radius 2 is 1.84 bits per heavy atom. The fourth-order valence-electron chi connectivity index (χ4n) is 3.92. The molecule has 1 atom stereocenters. The van der Waals surface area contributed by atoms with Gasteiger partial charge in [-0.1, -0.05) is 12.1 Å². The number of morpholine rings is 1. The van der Waals surface area contributed by atoms with Crippen molar-refractivity contribution in [2.75, 3.05) is 51.3 Å². The van der Waals surface area contributed by atoms with Crippen molar-refractivity contribution < 1.29 is 23.1 Å². The van der Waals surface area contributed by atoms with E-state index >= 15 is 0 Å². The van der Waals surface area contributed by atoms with Crippen LogP contribution in [0.1, 0.15) is 27.6 Å². The van der Waals surface area contributed by atoms with Gasteiger partial charge in [-0.3, -0.25) is 4.79 Å². The van der Waals surface area contributed by atoms with Crippen LogP contribution in [0.3, 0.4) is 0 Å².